The predicted molar refractivity (Wildman–Crippen MR) is 69.3 cm³/mol. The van der Waals surface area contributed by atoms with E-state index in [4.69, 9.17) is 14.2 Å². The molecule has 102 valence electrons. The van der Waals surface area contributed by atoms with Crippen molar-refractivity contribution >= 4 is 0 Å². The molecule has 0 radical (unpaired) electrons. The van der Waals surface area contributed by atoms with Crippen molar-refractivity contribution < 1.29 is 14.2 Å². The van der Waals surface area contributed by atoms with Gasteiger partial charge in [0.05, 0.1) is 24.4 Å². The van der Waals surface area contributed by atoms with Gasteiger partial charge in [-0.2, -0.15) is 9.97 Å². The molecule has 0 aliphatic carbocycles. The summed E-state index contributed by atoms with van der Waals surface area (Å²) in [7, 11) is 0. The van der Waals surface area contributed by atoms with E-state index in [9.17, 15) is 0 Å². The maximum absolute atomic E-state index is 5.55. The molecule has 5 heteroatoms. The second-order valence-corrected chi connectivity index (χ2v) is 4.83. The van der Waals surface area contributed by atoms with Crippen molar-refractivity contribution in [2.24, 2.45) is 0 Å². The van der Waals surface area contributed by atoms with E-state index >= 15 is 0 Å². The van der Waals surface area contributed by atoms with Crippen LogP contribution in [0.25, 0.3) is 0 Å². The number of rotatable bonds is 6. The first-order valence-corrected chi connectivity index (χ1v) is 6.26. The smallest absolute Gasteiger partial charge is 0.323 e. The van der Waals surface area contributed by atoms with Crippen LogP contribution in [0, 0.1) is 0 Å². The number of aromatic nitrogens is 2. The molecule has 1 aromatic rings. The zero-order valence-electron chi connectivity index (χ0n) is 11.9. The second kappa shape index (κ2) is 6.42. The van der Waals surface area contributed by atoms with Gasteiger partial charge < -0.3 is 14.2 Å². The Labute approximate surface area is 108 Å². The molecule has 0 N–H and O–H groups in total. The van der Waals surface area contributed by atoms with Crippen LogP contribution in [0.3, 0.4) is 0 Å². The third kappa shape index (κ3) is 5.21. The van der Waals surface area contributed by atoms with Gasteiger partial charge in [-0.25, -0.2) is 0 Å². The average molecular weight is 254 g/mol. The SMILES string of the molecule is CC(C)Oc1cc(OC(C)C)nc(OC(C)C)n1. The first kappa shape index (κ1) is 14.5. The highest BCUT2D eigenvalue weighted by atomic mass is 16.5. The first-order chi connectivity index (χ1) is 8.36. The molecular formula is C13H22N2O3. The lowest BCUT2D eigenvalue weighted by Gasteiger charge is -2.14. The fraction of sp³-hybridized carbons (Fsp3) is 0.692. The molecule has 0 fully saturated rings. The third-order valence-corrected chi connectivity index (χ3v) is 1.71. The van der Waals surface area contributed by atoms with Crippen molar-refractivity contribution in [1.29, 1.82) is 0 Å². The van der Waals surface area contributed by atoms with Crippen LogP contribution in [-0.4, -0.2) is 28.3 Å². The molecular weight excluding hydrogens is 232 g/mol. The van der Waals surface area contributed by atoms with Crippen molar-refractivity contribution in [3.05, 3.63) is 6.07 Å². The van der Waals surface area contributed by atoms with Gasteiger partial charge in [0.1, 0.15) is 0 Å². The maximum atomic E-state index is 5.55. The highest BCUT2D eigenvalue weighted by molar-refractivity contribution is 5.23. The Morgan fingerprint density at radius 2 is 1.11 bits per heavy atom. The molecule has 1 rings (SSSR count). The fourth-order valence-corrected chi connectivity index (χ4v) is 1.25. The van der Waals surface area contributed by atoms with Crippen LogP contribution in [0.5, 0.6) is 17.8 Å². The summed E-state index contributed by atoms with van der Waals surface area (Å²) in [5.74, 6) is 0.928. The molecule has 0 spiro atoms. The molecule has 1 aromatic heterocycles. The van der Waals surface area contributed by atoms with E-state index in [0.717, 1.165) is 0 Å². The number of nitrogens with zero attached hydrogens (tertiary/aromatic N) is 2. The van der Waals surface area contributed by atoms with Crippen LogP contribution in [0.4, 0.5) is 0 Å². The Morgan fingerprint density at radius 1 is 0.722 bits per heavy atom. The van der Waals surface area contributed by atoms with Gasteiger partial charge in [0.25, 0.3) is 0 Å². The summed E-state index contributed by atoms with van der Waals surface area (Å²) in [6, 6.07) is 1.95. The van der Waals surface area contributed by atoms with E-state index in [1.54, 1.807) is 6.07 Å². The summed E-state index contributed by atoms with van der Waals surface area (Å²) in [6.45, 7) is 11.6. The summed E-state index contributed by atoms with van der Waals surface area (Å²) in [4.78, 5) is 8.37. The Kier molecular flexibility index (Phi) is 5.19. The van der Waals surface area contributed by atoms with Crippen molar-refractivity contribution in [2.45, 2.75) is 59.9 Å². The van der Waals surface area contributed by atoms with E-state index in [1.807, 2.05) is 41.5 Å². The summed E-state index contributed by atoms with van der Waals surface area (Å²) in [6.07, 6.45) is 0.0867. The van der Waals surface area contributed by atoms with E-state index in [1.165, 1.54) is 0 Å². The monoisotopic (exact) mass is 254 g/mol. The lowest BCUT2D eigenvalue weighted by molar-refractivity contribution is 0.188. The molecule has 5 nitrogen and oxygen atoms in total. The van der Waals surface area contributed by atoms with Gasteiger partial charge in [0, 0.05) is 0 Å². The molecule has 0 aliphatic rings. The van der Waals surface area contributed by atoms with Crippen LogP contribution in [0.2, 0.25) is 0 Å². The molecule has 18 heavy (non-hydrogen) atoms. The summed E-state index contributed by atoms with van der Waals surface area (Å²) >= 11 is 0. The van der Waals surface area contributed by atoms with Gasteiger partial charge in [-0.1, -0.05) is 0 Å². The lowest BCUT2D eigenvalue weighted by atomic mass is 10.4. The van der Waals surface area contributed by atoms with E-state index in [-0.39, 0.29) is 24.3 Å². The molecule has 0 amide bonds. The van der Waals surface area contributed by atoms with Crippen LogP contribution < -0.4 is 14.2 Å². The quantitative estimate of drug-likeness (QED) is 0.781. The largest absolute Gasteiger partial charge is 0.475 e. The molecule has 0 unspecified atom stereocenters. The molecule has 0 aromatic carbocycles. The third-order valence-electron chi connectivity index (χ3n) is 1.71. The van der Waals surface area contributed by atoms with Crippen LogP contribution in [-0.2, 0) is 0 Å². The standard InChI is InChI=1S/C13H22N2O3/c1-8(2)16-11-7-12(17-9(3)4)15-13(14-11)18-10(5)6/h7-10H,1-6H3. The normalized spacial score (nSPS) is 11.2. The molecule has 0 saturated heterocycles. The van der Waals surface area contributed by atoms with Gasteiger partial charge in [-0.15, -0.1) is 0 Å². The minimum absolute atomic E-state index is 0.00574. The number of hydrogen-bond acceptors (Lipinski definition) is 5. The van der Waals surface area contributed by atoms with Crippen molar-refractivity contribution in [2.75, 3.05) is 0 Å². The Morgan fingerprint density at radius 3 is 1.44 bits per heavy atom. The molecule has 1 heterocycles. The Balaban J connectivity index is 2.95. The Bertz CT molecular complexity index is 309. The highest BCUT2D eigenvalue weighted by Crippen LogP contribution is 2.21. The lowest BCUT2D eigenvalue weighted by Crippen LogP contribution is -2.13. The van der Waals surface area contributed by atoms with E-state index in [0.29, 0.717) is 11.8 Å². The summed E-state index contributed by atoms with van der Waals surface area (Å²) in [5.41, 5.74) is 0. The van der Waals surface area contributed by atoms with E-state index < -0.39 is 0 Å². The van der Waals surface area contributed by atoms with Gasteiger partial charge in [-0.05, 0) is 41.5 Å². The van der Waals surface area contributed by atoms with Crippen molar-refractivity contribution in [3.63, 3.8) is 0 Å². The van der Waals surface area contributed by atoms with Crippen molar-refractivity contribution in [1.82, 2.24) is 9.97 Å². The molecule has 0 saturated carbocycles. The highest BCUT2D eigenvalue weighted by Gasteiger charge is 2.11. The van der Waals surface area contributed by atoms with Crippen molar-refractivity contribution in [3.8, 4) is 17.8 Å². The Hall–Kier alpha value is -1.52. The summed E-state index contributed by atoms with van der Waals surface area (Å²) in [5, 5.41) is 0. The first-order valence-electron chi connectivity index (χ1n) is 6.26. The minimum Gasteiger partial charge on any atom is -0.475 e. The molecule has 0 bridgehead atoms. The minimum atomic E-state index is 0.00574. The van der Waals surface area contributed by atoms with Crippen LogP contribution >= 0.6 is 0 Å². The topological polar surface area (TPSA) is 53.5 Å². The van der Waals surface area contributed by atoms with Gasteiger partial charge in [0.15, 0.2) is 0 Å². The zero-order valence-corrected chi connectivity index (χ0v) is 11.9. The molecule has 0 atom stereocenters. The van der Waals surface area contributed by atoms with E-state index in [2.05, 4.69) is 9.97 Å². The van der Waals surface area contributed by atoms with Crippen LogP contribution in [0.15, 0.2) is 6.07 Å². The van der Waals surface area contributed by atoms with Crippen LogP contribution in [0.1, 0.15) is 41.5 Å². The molecule has 0 aliphatic heterocycles. The van der Waals surface area contributed by atoms with Gasteiger partial charge in [-0.3, -0.25) is 0 Å². The average Bonchev–Trinajstić information content (AvgIpc) is 2.12. The number of ether oxygens (including phenoxy) is 3. The number of hydrogen-bond donors (Lipinski definition) is 0. The van der Waals surface area contributed by atoms with Gasteiger partial charge >= 0.3 is 6.01 Å². The fourth-order valence-electron chi connectivity index (χ4n) is 1.25. The maximum Gasteiger partial charge on any atom is 0.323 e. The second-order valence-electron chi connectivity index (χ2n) is 4.83. The zero-order chi connectivity index (χ0) is 13.7. The predicted octanol–water partition coefficient (Wildman–Crippen LogP) is 2.84. The summed E-state index contributed by atoms with van der Waals surface area (Å²) < 4.78 is 16.6. The van der Waals surface area contributed by atoms with Gasteiger partial charge in [0.2, 0.25) is 11.8 Å².